The molecule has 0 fully saturated rings. The van der Waals surface area contributed by atoms with Crippen LogP contribution in [0.1, 0.15) is 0 Å². The number of aromatic nitrogens is 1. The molecule has 0 unspecified atom stereocenters. The highest BCUT2D eigenvalue weighted by atomic mass is 19.1. The zero-order valence-electron chi connectivity index (χ0n) is 10.5. The number of benzene rings is 1. The van der Waals surface area contributed by atoms with Crippen LogP contribution in [0.15, 0.2) is 42.6 Å². The SMILES string of the molecule is COc1ccc(OCCOc2ccc(F)nc2)cc1. The fourth-order valence-electron chi connectivity index (χ4n) is 1.44. The largest absolute Gasteiger partial charge is 0.497 e. The first-order valence-corrected chi connectivity index (χ1v) is 5.79. The number of hydrogen-bond acceptors (Lipinski definition) is 4. The van der Waals surface area contributed by atoms with Crippen LogP contribution in [0.5, 0.6) is 17.2 Å². The Labute approximate surface area is 110 Å². The van der Waals surface area contributed by atoms with E-state index in [0.29, 0.717) is 19.0 Å². The molecule has 0 saturated heterocycles. The summed E-state index contributed by atoms with van der Waals surface area (Å²) in [6, 6.07) is 10.0. The van der Waals surface area contributed by atoms with Crippen molar-refractivity contribution in [3.63, 3.8) is 0 Å². The van der Waals surface area contributed by atoms with Gasteiger partial charge in [-0.25, -0.2) is 4.98 Å². The Balaban J connectivity index is 1.72. The van der Waals surface area contributed by atoms with Gasteiger partial charge in [-0.3, -0.25) is 0 Å². The molecule has 0 bridgehead atoms. The van der Waals surface area contributed by atoms with Crippen LogP contribution in [0, 0.1) is 5.95 Å². The Morgan fingerprint density at radius 2 is 1.47 bits per heavy atom. The van der Waals surface area contributed by atoms with E-state index in [1.807, 2.05) is 24.3 Å². The van der Waals surface area contributed by atoms with Crippen molar-refractivity contribution in [2.24, 2.45) is 0 Å². The molecule has 1 heterocycles. The number of ether oxygens (including phenoxy) is 3. The second-order valence-corrected chi connectivity index (χ2v) is 3.69. The van der Waals surface area contributed by atoms with Crippen LogP contribution in [0.4, 0.5) is 4.39 Å². The second kappa shape index (κ2) is 6.58. The highest BCUT2D eigenvalue weighted by molar-refractivity contribution is 5.31. The van der Waals surface area contributed by atoms with Gasteiger partial charge in [0.05, 0.1) is 13.3 Å². The summed E-state index contributed by atoms with van der Waals surface area (Å²) in [6.07, 6.45) is 1.34. The Morgan fingerprint density at radius 3 is 2.05 bits per heavy atom. The van der Waals surface area contributed by atoms with E-state index in [1.54, 1.807) is 7.11 Å². The highest BCUT2D eigenvalue weighted by Gasteiger charge is 1.97. The summed E-state index contributed by atoms with van der Waals surface area (Å²) in [6.45, 7) is 0.753. The minimum absolute atomic E-state index is 0.360. The van der Waals surface area contributed by atoms with Gasteiger partial charge in [0.15, 0.2) is 0 Å². The van der Waals surface area contributed by atoms with E-state index >= 15 is 0 Å². The zero-order chi connectivity index (χ0) is 13.5. The van der Waals surface area contributed by atoms with Crippen molar-refractivity contribution >= 4 is 0 Å². The Kier molecular flexibility index (Phi) is 4.55. The van der Waals surface area contributed by atoms with Gasteiger partial charge in [0.1, 0.15) is 30.5 Å². The fraction of sp³-hybridized carbons (Fsp3) is 0.214. The smallest absolute Gasteiger partial charge is 0.213 e. The van der Waals surface area contributed by atoms with Gasteiger partial charge < -0.3 is 14.2 Å². The molecule has 0 spiro atoms. The fourth-order valence-corrected chi connectivity index (χ4v) is 1.44. The third kappa shape index (κ3) is 4.13. The minimum atomic E-state index is -0.526. The van der Waals surface area contributed by atoms with Gasteiger partial charge in [0, 0.05) is 0 Å². The van der Waals surface area contributed by atoms with Crippen molar-refractivity contribution < 1.29 is 18.6 Å². The van der Waals surface area contributed by atoms with Gasteiger partial charge in [-0.15, -0.1) is 0 Å². The molecule has 0 aliphatic rings. The molecule has 2 rings (SSSR count). The molecule has 0 radical (unpaired) electrons. The summed E-state index contributed by atoms with van der Waals surface area (Å²) >= 11 is 0. The van der Waals surface area contributed by atoms with Crippen molar-refractivity contribution in [3.05, 3.63) is 48.5 Å². The molecule has 100 valence electrons. The van der Waals surface area contributed by atoms with E-state index in [1.165, 1.54) is 18.3 Å². The summed E-state index contributed by atoms with van der Waals surface area (Å²) in [5.41, 5.74) is 0. The number of methoxy groups -OCH3 is 1. The number of pyridine rings is 1. The number of rotatable bonds is 6. The average molecular weight is 263 g/mol. The Morgan fingerprint density at radius 1 is 0.895 bits per heavy atom. The summed E-state index contributed by atoms with van der Waals surface area (Å²) in [5, 5.41) is 0. The number of nitrogens with zero attached hydrogens (tertiary/aromatic N) is 1. The predicted molar refractivity (Wildman–Crippen MR) is 68.2 cm³/mol. The quantitative estimate of drug-likeness (QED) is 0.593. The molecular formula is C14H14FNO3. The van der Waals surface area contributed by atoms with Gasteiger partial charge in [-0.2, -0.15) is 4.39 Å². The molecule has 0 aliphatic heterocycles. The third-order valence-corrected chi connectivity index (χ3v) is 2.38. The highest BCUT2D eigenvalue weighted by Crippen LogP contribution is 2.17. The monoisotopic (exact) mass is 263 g/mol. The lowest BCUT2D eigenvalue weighted by atomic mass is 10.3. The van der Waals surface area contributed by atoms with Gasteiger partial charge >= 0.3 is 0 Å². The number of halogens is 1. The Hall–Kier alpha value is -2.30. The molecule has 1 aromatic carbocycles. The predicted octanol–water partition coefficient (Wildman–Crippen LogP) is 2.69. The van der Waals surface area contributed by atoms with Crippen molar-refractivity contribution in [1.82, 2.24) is 4.98 Å². The second-order valence-electron chi connectivity index (χ2n) is 3.69. The molecule has 0 amide bonds. The first-order valence-electron chi connectivity index (χ1n) is 5.79. The van der Waals surface area contributed by atoms with Gasteiger partial charge in [-0.05, 0) is 36.4 Å². The molecular weight excluding hydrogens is 249 g/mol. The van der Waals surface area contributed by atoms with E-state index in [9.17, 15) is 4.39 Å². The molecule has 0 saturated carbocycles. The third-order valence-electron chi connectivity index (χ3n) is 2.38. The molecule has 0 aliphatic carbocycles. The average Bonchev–Trinajstić information content (AvgIpc) is 2.46. The lowest BCUT2D eigenvalue weighted by molar-refractivity contribution is 0.216. The van der Waals surface area contributed by atoms with E-state index in [0.717, 1.165) is 11.5 Å². The summed E-state index contributed by atoms with van der Waals surface area (Å²) in [7, 11) is 1.61. The molecule has 5 heteroatoms. The van der Waals surface area contributed by atoms with Crippen LogP contribution < -0.4 is 14.2 Å². The van der Waals surface area contributed by atoms with Crippen LogP contribution in [-0.2, 0) is 0 Å². The van der Waals surface area contributed by atoms with Crippen LogP contribution >= 0.6 is 0 Å². The Bertz CT molecular complexity index is 499. The summed E-state index contributed by atoms with van der Waals surface area (Å²) in [4.78, 5) is 3.49. The van der Waals surface area contributed by atoms with E-state index < -0.39 is 5.95 Å². The summed E-state index contributed by atoms with van der Waals surface area (Å²) in [5.74, 6) is 1.50. The molecule has 2 aromatic rings. The number of hydrogen-bond donors (Lipinski definition) is 0. The van der Waals surface area contributed by atoms with Gasteiger partial charge in [0.2, 0.25) is 5.95 Å². The van der Waals surface area contributed by atoms with E-state index in [2.05, 4.69) is 4.98 Å². The van der Waals surface area contributed by atoms with Crippen LogP contribution in [0.2, 0.25) is 0 Å². The molecule has 19 heavy (non-hydrogen) atoms. The molecule has 4 nitrogen and oxygen atoms in total. The molecule has 0 atom stereocenters. The lowest BCUT2D eigenvalue weighted by Gasteiger charge is -2.08. The van der Waals surface area contributed by atoms with Gasteiger partial charge in [-0.1, -0.05) is 0 Å². The first kappa shape index (κ1) is 13.1. The molecule has 1 aromatic heterocycles. The van der Waals surface area contributed by atoms with Crippen LogP contribution in [-0.4, -0.2) is 25.3 Å². The maximum absolute atomic E-state index is 12.6. The maximum Gasteiger partial charge on any atom is 0.213 e. The standard InChI is InChI=1S/C14H14FNO3/c1-17-11-2-4-12(5-3-11)18-8-9-19-13-6-7-14(15)16-10-13/h2-7,10H,8-9H2,1H3. The normalized spacial score (nSPS) is 10.0. The van der Waals surface area contributed by atoms with Crippen LogP contribution in [0.3, 0.4) is 0 Å². The van der Waals surface area contributed by atoms with Crippen LogP contribution in [0.25, 0.3) is 0 Å². The van der Waals surface area contributed by atoms with Crippen molar-refractivity contribution in [2.45, 2.75) is 0 Å². The molecule has 0 N–H and O–H groups in total. The first-order chi connectivity index (χ1) is 9.28. The van der Waals surface area contributed by atoms with Crippen molar-refractivity contribution in [1.29, 1.82) is 0 Å². The topological polar surface area (TPSA) is 40.6 Å². The summed E-state index contributed by atoms with van der Waals surface area (Å²) < 4.78 is 28.4. The van der Waals surface area contributed by atoms with Crippen molar-refractivity contribution in [3.8, 4) is 17.2 Å². The lowest BCUT2D eigenvalue weighted by Crippen LogP contribution is -2.09. The zero-order valence-corrected chi connectivity index (χ0v) is 10.5. The van der Waals surface area contributed by atoms with E-state index in [4.69, 9.17) is 14.2 Å². The van der Waals surface area contributed by atoms with E-state index in [-0.39, 0.29) is 0 Å². The maximum atomic E-state index is 12.6. The van der Waals surface area contributed by atoms with Gasteiger partial charge in [0.25, 0.3) is 0 Å². The van der Waals surface area contributed by atoms with Crippen molar-refractivity contribution in [2.75, 3.05) is 20.3 Å². The minimum Gasteiger partial charge on any atom is -0.497 e.